The van der Waals surface area contributed by atoms with E-state index in [0.29, 0.717) is 11.3 Å². The van der Waals surface area contributed by atoms with Crippen molar-refractivity contribution >= 4 is 5.69 Å². The molecule has 0 radical (unpaired) electrons. The number of aromatic nitrogens is 2. The molecule has 0 spiro atoms. The molecule has 0 saturated heterocycles. The Kier molecular flexibility index (Phi) is 4.54. The van der Waals surface area contributed by atoms with E-state index in [-0.39, 0.29) is 30.7 Å². The van der Waals surface area contributed by atoms with E-state index in [2.05, 4.69) is 5.10 Å². The Hall–Kier alpha value is -2.41. The molecule has 2 aromatic rings. The maximum atomic E-state index is 11.0. The summed E-state index contributed by atoms with van der Waals surface area (Å²) in [6, 6.07) is 6.34. The molecule has 7 nitrogen and oxygen atoms in total. The number of rotatable bonds is 6. The highest BCUT2D eigenvalue weighted by molar-refractivity contribution is 5.48. The summed E-state index contributed by atoms with van der Waals surface area (Å²) in [4.78, 5) is 10.5. The summed E-state index contributed by atoms with van der Waals surface area (Å²) >= 11 is 0. The second-order valence-electron chi connectivity index (χ2n) is 4.89. The molecule has 7 heteroatoms. The van der Waals surface area contributed by atoms with E-state index in [0.717, 1.165) is 0 Å². The van der Waals surface area contributed by atoms with Gasteiger partial charge in [0.25, 0.3) is 0 Å². The van der Waals surface area contributed by atoms with Gasteiger partial charge in [0.1, 0.15) is 6.61 Å². The van der Waals surface area contributed by atoms with Crippen LogP contribution in [0.3, 0.4) is 0 Å². The van der Waals surface area contributed by atoms with Crippen molar-refractivity contribution in [3.8, 4) is 5.75 Å². The lowest BCUT2D eigenvalue weighted by Gasteiger charge is -2.07. The number of nitrogens with zero attached hydrogens (tertiary/aromatic N) is 3. The van der Waals surface area contributed by atoms with E-state index in [1.54, 1.807) is 4.68 Å². The van der Waals surface area contributed by atoms with E-state index >= 15 is 0 Å². The van der Waals surface area contributed by atoms with Crippen LogP contribution >= 0.6 is 0 Å². The number of ether oxygens (including phenoxy) is 1. The predicted octanol–water partition coefficient (Wildman–Crippen LogP) is 2.44. The van der Waals surface area contributed by atoms with Gasteiger partial charge in [0.15, 0.2) is 5.75 Å². The Balaban J connectivity index is 2.15. The Morgan fingerprint density at radius 1 is 1.43 bits per heavy atom. The van der Waals surface area contributed by atoms with Gasteiger partial charge < -0.3 is 9.84 Å². The van der Waals surface area contributed by atoms with Crippen molar-refractivity contribution in [2.75, 3.05) is 0 Å². The topological polar surface area (TPSA) is 90.4 Å². The Labute approximate surface area is 121 Å². The van der Waals surface area contributed by atoms with E-state index in [1.807, 2.05) is 26.1 Å². The minimum Gasteiger partial charge on any atom is -0.480 e. The lowest BCUT2D eigenvalue weighted by molar-refractivity contribution is -0.386. The quantitative estimate of drug-likeness (QED) is 0.652. The molecule has 1 aromatic heterocycles. The normalized spacial score (nSPS) is 10.9. The molecule has 2 rings (SSSR count). The first kappa shape index (κ1) is 15.0. The van der Waals surface area contributed by atoms with Crippen LogP contribution in [0.4, 0.5) is 5.69 Å². The third-order valence-corrected chi connectivity index (χ3v) is 2.97. The number of aliphatic hydroxyl groups is 1. The molecule has 112 valence electrons. The molecule has 1 heterocycles. The van der Waals surface area contributed by atoms with Gasteiger partial charge in [-0.25, -0.2) is 0 Å². The van der Waals surface area contributed by atoms with Crippen LogP contribution in [0, 0.1) is 10.1 Å². The zero-order valence-corrected chi connectivity index (χ0v) is 11.9. The van der Waals surface area contributed by atoms with Gasteiger partial charge in [-0.1, -0.05) is 0 Å². The summed E-state index contributed by atoms with van der Waals surface area (Å²) in [6.07, 6.45) is 1.84. The molecule has 0 atom stereocenters. The average Bonchev–Trinajstić information content (AvgIpc) is 2.93. The number of nitro benzene ring substituents is 1. The standard InChI is InChI=1S/C14H17N3O4/c1-10(2)16-6-5-12(15-16)9-21-14-7-11(8-18)3-4-13(14)17(19)20/h3-7,10,18H,8-9H2,1-2H3. The molecule has 0 aliphatic carbocycles. The summed E-state index contributed by atoms with van der Waals surface area (Å²) in [5.74, 6) is 0.130. The fraction of sp³-hybridized carbons (Fsp3) is 0.357. The van der Waals surface area contributed by atoms with Crippen LogP contribution in [0.5, 0.6) is 5.75 Å². The van der Waals surface area contributed by atoms with Crippen molar-refractivity contribution in [3.63, 3.8) is 0 Å². The van der Waals surface area contributed by atoms with Gasteiger partial charge in [0.05, 0.1) is 17.2 Å². The minimum atomic E-state index is -0.511. The largest absolute Gasteiger partial charge is 0.480 e. The predicted molar refractivity (Wildman–Crippen MR) is 76.0 cm³/mol. The molecule has 0 aliphatic heterocycles. The molecular weight excluding hydrogens is 274 g/mol. The molecular formula is C14H17N3O4. The summed E-state index contributed by atoms with van der Waals surface area (Å²) in [5.41, 5.74) is 1.12. The number of hydrogen-bond donors (Lipinski definition) is 1. The van der Waals surface area contributed by atoms with Gasteiger partial charge in [0, 0.05) is 18.3 Å². The molecule has 0 unspecified atom stereocenters. The molecule has 21 heavy (non-hydrogen) atoms. The first-order valence-electron chi connectivity index (χ1n) is 6.56. The average molecular weight is 291 g/mol. The summed E-state index contributed by atoms with van der Waals surface area (Å²) in [7, 11) is 0. The van der Waals surface area contributed by atoms with Crippen LogP contribution < -0.4 is 4.74 Å². The van der Waals surface area contributed by atoms with Crippen molar-refractivity contribution in [3.05, 3.63) is 51.8 Å². The van der Waals surface area contributed by atoms with Gasteiger partial charge in [-0.2, -0.15) is 5.10 Å². The highest BCUT2D eigenvalue weighted by Gasteiger charge is 2.16. The minimum absolute atomic E-state index is 0.129. The zero-order valence-electron chi connectivity index (χ0n) is 11.9. The van der Waals surface area contributed by atoms with Crippen LogP contribution in [-0.2, 0) is 13.2 Å². The fourth-order valence-electron chi connectivity index (χ4n) is 1.82. The van der Waals surface area contributed by atoms with Gasteiger partial charge in [-0.3, -0.25) is 14.8 Å². The summed E-state index contributed by atoms with van der Waals surface area (Å²) in [6.45, 7) is 3.95. The first-order valence-corrected chi connectivity index (χ1v) is 6.56. The van der Waals surface area contributed by atoms with Gasteiger partial charge in [0.2, 0.25) is 0 Å². The van der Waals surface area contributed by atoms with Crippen molar-refractivity contribution in [1.82, 2.24) is 9.78 Å². The van der Waals surface area contributed by atoms with Crippen LogP contribution in [0.2, 0.25) is 0 Å². The number of nitro groups is 1. The van der Waals surface area contributed by atoms with Gasteiger partial charge in [-0.05, 0) is 37.6 Å². The second-order valence-corrected chi connectivity index (χ2v) is 4.89. The monoisotopic (exact) mass is 291 g/mol. The van der Waals surface area contributed by atoms with E-state index in [1.165, 1.54) is 18.2 Å². The van der Waals surface area contributed by atoms with Crippen LogP contribution in [0.15, 0.2) is 30.5 Å². The lowest BCUT2D eigenvalue weighted by Crippen LogP contribution is -2.04. The smallest absolute Gasteiger partial charge is 0.310 e. The van der Waals surface area contributed by atoms with Crippen molar-refractivity contribution in [2.24, 2.45) is 0 Å². The molecule has 1 aromatic carbocycles. The second kappa shape index (κ2) is 6.36. The SMILES string of the molecule is CC(C)n1ccc(COc2cc(CO)ccc2[N+](=O)[O-])n1. The Morgan fingerprint density at radius 3 is 2.76 bits per heavy atom. The number of hydrogen-bond acceptors (Lipinski definition) is 5. The van der Waals surface area contributed by atoms with Crippen LogP contribution in [0.1, 0.15) is 31.1 Å². The van der Waals surface area contributed by atoms with Crippen molar-refractivity contribution < 1.29 is 14.8 Å². The first-order chi connectivity index (χ1) is 10.0. The summed E-state index contributed by atoms with van der Waals surface area (Å²) < 4.78 is 7.28. The van der Waals surface area contributed by atoms with Crippen LogP contribution in [0.25, 0.3) is 0 Å². The highest BCUT2D eigenvalue weighted by atomic mass is 16.6. The maximum Gasteiger partial charge on any atom is 0.310 e. The van der Waals surface area contributed by atoms with Gasteiger partial charge in [-0.15, -0.1) is 0 Å². The number of aliphatic hydroxyl groups excluding tert-OH is 1. The Bertz CT molecular complexity index is 637. The molecule has 0 aliphatic rings. The van der Waals surface area contributed by atoms with Crippen molar-refractivity contribution in [2.45, 2.75) is 33.1 Å². The summed E-state index contributed by atoms with van der Waals surface area (Å²) in [5, 5.41) is 24.4. The third-order valence-electron chi connectivity index (χ3n) is 2.97. The molecule has 0 saturated carbocycles. The van der Waals surface area contributed by atoms with Crippen molar-refractivity contribution in [1.29, 1.82) is 0 Å². The number of benzene rings is 1. The van der Waals surface area contributed by atoms with Crippen LogP contribution in [-0.4, -0.2) is 19.8 Å². The molecule has 0 fully saturated rings. The zero-order chi connectivity index (χ0) is 15.4. The van der Waals surface area contributed by atoms with E-state index in [9.17, 15) is 10.1 Å². The lowest BCUT2D eigenvalue weighted by atomic mass is 10.2. The van der Waals surface area contributed by atoms with E-state index in [4.69, 9.17) is 9.84 Å². The highest BCUT2D eigenvalue weighted by Crippen LogP contribution is 2.28. The molecule has 1 N–H and O–H groups in total. The van der Waals surface area contributed by atoms with E-state index < -0.39 is 4.92 Å². The maximum absolute atomic E-state index is 11.0. The third kappa shape index (κ3) is 3.57. The van der Waals surface area contributed by atoms with Gasteiger partial charge >= 0.3 is 5.69 Å². The fourth-order valence-corrected chi connectivity index (χ4v) is 1.82. The molecule has 0 amide bonds. The molecule has 0 bridgehead atoms. The Morgan fingerprint density at radius 2 is 2.19 bits per heavy atom.